The molecule has 29 heavy (non-hydrogen) atoms. The maximum Gasteiger partial charge on any atom is 0.337 e. The number of carbonyl (C=O) groups is 3. The molecule has 0 saturated heterocycles. The predicted octanol–water partition coefficient (Wildman–Crippen LogP) is 2.14. The first-order valence-electron chi connectivity index (χ1n) is 9.04. The minimum atomic E-state index is -0.469. The fourth-order valence-corrected chi connectivity index (χ4v) is 2.23. The number of methoxy groups -OCH3 is 1. The summed E-state index contributed by atoms with van der Waals surface area (Å²) in [6.07, 6.45) is 2.33. The van der Waals surface area contributed by atoms with Gasteiger partial charge in [0.15, 0.2) is 0 Å². The molecule has 8 heteroatoms. The normalized spacial score (nSPS) is 10.4. The third kappa shape index (κ3) is 7.10. The molecule has 0 heterocycles. The van der Waals surface area contributed by atoms with Crippen LogP contribution in [0.4, 0.5) is 0 Å². The molecule has 2 amide bonds. The van der Waals surface area contributed by atoms with Crippen LogP contribution in [0.2, 0.25) is 0 Å². The second-order valence-corrected chi connectivity index (χ2v) is 5.96. The zero-order valence-electron chi connectivity index (χ0n) is 16.3. The molecule has 0 aliphatic rings. The second kappa shape index (κ2) is 11.2. The lowest BCUT2D eigenvalue weighted by Gasteiger charge is -2.07. The minimum absolute atomic E-state index is 0.217. The molecule has 2 aromatic carbocycles. The zero-order chi connectivity index (χ0) is 21.1. The molecular weight excluding hydrogens is 374 g/mol. The van der Waals surface area contributed by atoms with Gasteiger partial charge in [-0.25, -0.2) is 10.2 Å². The highest BCUT2D eigenvalue weighted by atomic mass is 16.5. The molecule has 0 saturated carbocycles. The van der Waals surface area contributed by atoms with E-state index in [4.69, 9.17) is 4.74 Å². The number of nitrogens with zero attached hydrogens (tertiary/aromatic N) is 1. The molecule has 0 atom stereocenters. The molecular formula is C21H23N3O5. The van der Waals surface area contributed by atoms with Crippen molar-refractivity contribution in [2.45, 2.75) is 13.3 Å². The summed E-state index contributed by atoms with van der Waals surface area (Å²) in [6.45, 7) is 2.41. The summed E-state index contributed by atoms with van der Waals surface area (Å²) >= 11 is 0. The maximum absolute atomic E-state index is 12.1. The average molecular weight is 397 g/mol. The summed E-state index contributed by atoms with van der Waals surface area (Å²) in [5, 5.41) is 6.34. The maximum atomic E-state index is 12.1. The van der Waals surface area contributed by atoms with E-state index >= 15 is 0 Å². The average Bonchev–Trinajstić information content (AvgIpc) is 2.76. The van der Waals surface area contributed by atoms with Crippen LogP contribution in [0.1, 0.15) is 39.6 Å². The molecule has 2 N–H and O–H groups in total. The number of benzene rings is 2. The van der Waals surface area contributed by atoms with Crippen LogP contribution in [0.5, 0.6) is 5.75 Å². The van der Waals surface area contributed by atoms with Crippen LogP contribution < -0.4 is 15.5 Å². The van der Waals surface area contributed by atoms with E-state index in [1.54, 1.807) is 48.5 Å². The Hall–Kier alpha value is -3.68. The van der Waals surface area contributed by atoms with E-state index in [0.717, 1.165) is 6.42 Å². The lowest BCUT2D eigenvalue weighted by Crippen LogP contribution is -2.34. The smallest absolute Gasteiger partial charge is 0.337 e. The van der Waals surface area contributed by atoms with E-state index in [-0.39, 0.29) is 12.5 Å². The number of amides is 2. The predicted molar refractivity (Wildman–Crippen MR) is 108 cm³/mol. The van der Waals surface area contributed by atoms with Crippen LogP contribution in [-0.2, 0) is 9.53 Å². The largest absolute Gasteiger partial charge is 0.494 e. The van der Waals surface area contributed by atoms with Gasteiger partial charge in [-0.2, -0.15) is 5.10 Å². The Balaban J connectivity index is 1.76. The van der Waals surface area contributed by atoms with Gasteiger partial charge in [-0.05, 0) is 48.4 Å². The Morgan fingerprint density at radius 3 is 2.28 bits per heavy atom. The van der Waals surface area contributed by atoms with Gasteiger partial charge < -0.3 is 14.8 Å². The standard InChI is InChI=1S/C21H23N3O5/c1-3-12-29-18-10-8-16(9-11-18)20(26)22-14-19(25)24-23-13-15-4-6-17(7-5-15)21(27)28-2/h4-11,13H,3,12,14H2,1-2H3,(H,22,26)(H,24,25)/b23-13-. The molecule has 152 valence electrons. The topological polar surface area (TPSA) is 106 Å². The summed E-state index contributed by atoms with van der Waals surface area (Å²) in [5.74, 6) is -0.580. The molecule has 2 rings (SSSR count). The van der Waals surface area contributed by atoms with Crippen LogP contribution >= 0.6 is 0 Å². The minimum Gasteiger partial charge on any atom is -0.494 e. The van der Waals surface area contributed by atoms with Gasteiger partial charge in [-0.3, -0.25) is 9.59 Å². The molecule has 0 aromatic heterocycles. The van der Waals surface area contributed by atoms with E-state index in [0.29, 0.717) is 29.0 Å². The van der Waals surface area contributed by atoms with Gasteiger partial charge in [-0.1, -0.05) is 19.1 Å². The highest BCUT2D eigenvalue weighted by Gasteiger charge is 2.08. The fourth-order valence-electron chi connectivity index (χ4n) is 2.23. The van der Waals surface area contributed by atoms with Crippen LogP contribution in [0.25, 0.3) is 0 Å². The van der Waals surface area contributed by atoms with E-state index in [1.807, 2.05) is 6.92 Å². The van der Waals surface area contributed by atoms with Crippen molar-refractivity contribution in [3.8, 4) is 5.75 Å². The van der Waals surface area contributed by atoms with Gasteiger partial charge >= 0.3 is 5.97 Å². The summed E-state index contributed by atoms with van der Waals surface area (Å²) < 4.78 is 10.1. The summed E-state index contributed by atoms with van der Waals surface area (Å²) in [7, 11) is 1.31. The number of esters is 1. The molecule has 0 radical (unpaired) electrons. The Kier molecular flexibility index (Phi) is 8.37. The van der Waals surface area contributed by atoms with E-state index < -0.39 is 11.9 Å². The number of rotatable bonds is 9. The van der Waals surface area contributed by atoms with Crippen LogP contribution in [0.3, 0.4) is 0 Å². The van der Waals surface area contributed by atoms with Crippen LogP contribution in [0, 0.1) is 0 Å². The Morgan fingerprint density at radius 1 is 1.00 bits per heavy atom. The van der Waals surface area contributed by atoms with Gasteiger partial charge in [0.2, 0.25) is 0 Å². The third-order valence-electron chi connectivity index (χ3n) is 3.73. The van der Waals surface area contributed by atoms with Gasteiger partial charge in [0.25, 0.3) is 11.8 Å². The van der Waals surface area contributed by atoms with E-state index in [9.17, 15) is 14.4 Å². The van der Waals surface area contributed by atoms with Crippen LogP contribution in [0.15, 0.2) is 53.6 Å². The molecule has 0 aliphatic carbocycles. The molecule has 0 aliphatic heterocycles. The Morgan fingerprint density at radius 2 is 1.66 bits per heavy atom. The van der Waals surface area contributed by atoms with Crippen molar-refractivity contribution in [1.82, 2.24) is 10.7 Å². The second-order valence-electron chi connectivity index (χ2n) is 5.96. The van der Waals surface area contributed by atoms with Gasteiger partial charge in [0, 0.05) is 5.56 Å². The highest BCUT2D eigenvalue weighted by molar-refractivity contribution is 5.96. The van der Waals surface area contributed by atoms with Crippen LogP contribution in [-0.4, -0.2) is 44.3 Å². The van der Waals surface area contributed by atoms with Gasteiger partial charge in [-0.15, -0.1) is 0 Å². The van der Waals surface area contributed by atoms with Gasteiger partial charge in [0.1, 0.15) is 5.75 Å². The fraction of sp³-hybridized carbons (Fsp3) is 0.238. The van der Waals surface area contributed by atoms with Crippen molar-refractivity contribution in [3.63, 3.8) is 0 Å². The monoisotopic (exact) mass is 397 g/mol. The van der Waals surface area contributed by atoms with E-state index in [1.165, 1.54) is 13.3 Å². The Labute approximate surface area is 168 Å². The third-order valence-corrected chi connectivity index (χ3v) is 3.73. The summed E-state index contributed by atoms with van der Waals surface area (Å²) in [5.41, 5.74) is 3.85. The number of hydrazone groups is 1. The number of carbonyl (C=O) groups excluding carboxylic acids is 3. The molecule has 0 fully saturated rings. The number of nitrogens with one attached hydrogen (secondary N) is 2. The van der Waals surface area contributed by atoms with Crippen molar-refractivity contribution in [2.24, 2.45) is 5.10 Å². The summed E-state index contributed by atoms with van der Waals surface area (Å²) in [4.78, 5) is 35.2. The first kappa shape index (κ1) is 21.6. The van der Waals surface area contributed by atoms with E-state index in [2.05, 4.69) is 20.6 Å². The lowest BCUT2D eigenvalue weighted by atomic mass is 10.1. The number of ether oxygens (including phenoxy) is 2. The SMILES string of the molecule is CCCOc1ccc(C(=O)NCC(=O)N/N=C\c2ccc(C(=O)OC)cc2)cc1. The number of hydrogen-bond donors (Lipinski definition) is 2. The first-order valence-corrected chi connectivity index (χ1v) is 9.04. The highest BCUT2D eigenvalue weighted by Crippen LogP contribution is 2.12. The molecule has 0 bridgehead atoms. The Bertz CT molecular complexity index is 861. The number of hydrogen-bond acceptors (Lipinski definition) is 6. The summed E-state index contributed by atoms with van der Waals surface area (Å²) in [6, 6.07) is 13.2. The quantitative estimate of drug-likeness (QED) is 0.383. The van der Waals surface area contributed by atoms with Crippen molar-refractivity contribution < 1.29 is 23.9 Å². The lowest BCUT2D eigenvalue weighted by molar-refractivity contribution is -0.120. The molecule has 8 nitrogen and oxygen atoms in total. The molecule has 2 aromatic rings. The first-order chi connectivity index (χ1) is 14.0. The van der Waals surface area contributed by atoms with Crippen molar-refractivity contribution in [2.75, 3.05) is 20.3 Å². The van der Waals surface area contributed by atoms with Gasteiger partial charge in [0.05, 0.1) is 32.0 Å². The molecule has 0 unspecified atom stereocenters. The van der Waals surface area contributed by atoms with Crippen molar-refractivity contribution >= 4 is 24.0 Å². The molecule has 0 spiro atoms. The van der Waals surface area contributed by atoms with Crippen molar-refractivity contribution in [1.29, 1.82) is 0 Å². The zero-order valence-corrected chi connectivity index (χ0v) is 16.3. The van der Waals surface area contributed by atoms with Crippen molar-refractivity contribution in [3.05, 3.63) is 65.2 Å².